The SMILES string of the molecule is O=C(COC(=O)Cc1ccsc1)Nc1ccc2c(c1)C(=O)c1ccccc1C2=O. The highest BCUT2D eigenvalue weighted by atomic mass is 32.1. The quantitative estimate of drug-likeness (QED) is 0.515. The highest BCUT2D eigenvalue weighted by Gasteiger charge is 2.29. The van der Waals surface area contributed by atoms with E-state index in [1.165, 1.54) is 23.5 Å². The smallest absolute Gasteiger partial charge is 0.310 e. The van der Waals surface area contributed by atoms with Gasteiger partial charge in [0.05, 0.1) is 6.42 Å². The summed E-state index contributed by atoms with van der Waals surface area (Å²) in [5.41, 5.74) is 2.44. The summed E-state index contributed by atoms with van der Waals surface area (Å²) in [6, 6.07) is 13.0. The largest absolute Gasteiger partial charge is 0.455 e. The Hall–Kier alpha value is -3.58. The first kappa shape index (κ1) is 18.8. The molecule has 6 nitrogen and oxygen atoms in total. The van der Waals surface area contributed by atoms with Crippen molar-refractivity contribution in [1.82, 2.24) is 0 Å². The highest BCUT2D eigenvalue weighted by molar-refractivity contribution is 7.08. The van der Waals surface area contributed by atoms with E-state index >= 15 is 0 Å². The van der Waals surface area contributed by atoms with E-state index < -0.39 is 18.5 Å². The van der Waals surface area contributed by atoms with Crippen LogP contribution in [0.15, 0.2) is 59.3 Å². The van der Waals surface area contributed by atoms with Gasteiger partial charge in [0.1, 0.15) is 0 Å². The Morgan fingerprint density at radius 1 is 0.897 bits per heavy atom. The topological polar surface area (TPSA) is 89.5 Å². The number of rotatable bonds is 5. The molecule has 1 heterocycles. The second-order valence-electron chi connectivity index (χ2n) is 6.48. The second kappa shape index (κ2) is 7.81. The number of esters is 1. The summed E-state index contributed by atoms with van der Waals surface area (Å²) < 4.78 is 4.98. The van der Waals surface area contributed by atoms with Crippen molar-refractivity contribution in [2.45, 2.75) is 6.42 Å². The van der Waals surface area contributed by atoms with E-state index in [4.69, 9.17) is 4.74 Å². The van der Waals surface area contributed by atoms with E-state index in [-0.39, 0.29) is 23.6 Å². The number of anilines is 1. The Kier molecular flexibility index (Phi) is 5.05. The monoisotopic (exact) mass is 405 g/mol. The molecule has 0 spiro atoms. The first-order valence-corrected chi connectivity index (χ1v) is 9.76. The molecule has 1 amide bonds. The number of hydrogen-bond donors (Lipinski definition) is 1. The van der Waals surface area contributed by atoms with Gasteiger partial charge in [-0.05, 0) is 40.6 Å². The van der Waals surface area contributed by atoms with Gasteiger partial charge in [0.15, 0.2) is 18.2 Å². The van der Waals surface area contributed by atoms with Gasteiger partial charge >= 0.3 is 5.97 Å². The van der Waals surface area contributed by atoms with Crippen molar-refractivity contribution in [3.05, 3.63) is 87.1 Å². The van der Waals surface area contributed by atoms with Gasteiger partial charge in [-0.25, -0.2) is 0 Å². The van der Waals surface area contributed by atoms with Gasteiger partial charge in [-0.15, -0.1) is 0 Å². The van der Waals surface area contributed by atoms with E-state index in [1.54, 1.807) is 30.3 Å². The number of amides is 1. The van der Waals surface area contributed by atoms with Crippen LogP contribution in [0.1, 0.15) is 37.4 Å². The number of ether oxygens (including phenoxy) is 1. The lowest BCUT2D eigenvalue weighted by Crippen LogP contribution is -2.23. The minimum atomic E-state index is -0.529. The molecule has 0 atom stereocenters. The van der Waals surface area contributed by atoms with E-state index in [9.17, 15) is 19.2 Å². The summed E-state index contributed by atoms with van der Waals surface area (Å²) in [5.74, 6) is -1.52. The molecule has 0 saturated heterocycles. The zero-order chi connectivity index (χ0) is 20.4. The predicted molar refractivity (Wildman–Crippen MR) is 107 cm³/mol. The summed E-state index contributed by atoms with van der Waals surface area (Å²) in [7, 11) is 0. The van der Waals surface area contributed by atoms with Crippen molar-refractivity contribution >= 4 is 40.5 Å². The molecule has 1 N–H and O–H groups in total. The molecule has 0 radical (unpaired) electrons. The number of hydrogen-bond acceptors (Lipinski definition) is 6. The van der Waals surface area contributed by atoms with Crippen LogP contribution in [0.5, 0.6) is 0 Å². The summed E-state index contributed by atoms with van der Waals surface area (Å²) in [4.78, 5) is 49.2. The lowest BCUT2D eigenvalue weighted by Gasteiger charge is -2.18. The second-order valence-corrected chi connectivity index (χ2v) is 7.26. The molecule has 3 aromatic rings. The Morgan fingerprint density at radius 3 is 2.28 bits per heavy atom. The van der Waals surface area contributed by atoms with Crippen LogP contribution in [0.25, 0.3) is 0 Å². The Bertz CT molecular complexity index is 1130. The molecule has 29 heavy (non-hydrogen) atoms. The van der Waals surface area contributed by atoms with Gasteiger partial charge in [-0.2, -0.15) is 11.3 Å². The maximum absolute atomic E-state index is 12.7. The zero-order valence-corrected chi connectivity index (χ0v) is 16.0. The van der Waals surface area contributed by atoms with Gasteiger partial charge < -0.3 is 10.1 Å². The van der Waals surface area contributed by atoms with Gasteiger partial charge in [-0.3, -0.25) is 19.2 Å². The molecule has 7 heteroatoms. The van der Waals surface area contributed by atoms with Crippen molar-refractivity contribution in [3.63, 3.8) is 0 Å². The molecule has 0 bridgehead atoms. The third-order valence-corrected chi connectivity index (χ3v) is 5.23. The molecule has 144 valence electrons. The van der Waals surface area contributed by atoms with Gasteiger partial charge in [0.25, 0.3) is 5.91 Å². The first-order chi connectivity index (χ1) is 14.0. The van der Waals surface area contributed by atoms with Gasteiger partial charge in [0, 0.05) is 27.9 Å². The van der Waals surface area contributed by atoms with Crippen molar-refractivity contribution in [2.24, 2.45) is 0 Å². The van der Waals surface area contributed by atoms with Crippen LogP contribution >= 0.6 is 11.3 Å². The van der Waals surface area contributed by atoms with Crippen molar-refractivity contribution in [3.8, 4) is 0 Å². The van der Waals surface area contributed by atoms with Crippen LogP contribution in [0.3, 0.4) is 0 Å². The summed E-state index contributed by atoms with van der Waals surface area (Å²) >= 11 is 1.48. The molecule has 1 aliphatic rings. The standard InChI is InChI=1S/C22H15NO5S/c24-19(11-28-20(25)9-13-7-8-29-12-13)23-14-5-6-17-18(10-14)22(27)16-4-2-1-3-15(16)21(17)26/h1-8,10,12H,9,11H2,(H,23,24). The van der Waals surface area contributed by atoms with Crippen LogP contribution < -0.4 is 5.32 Å². The molecular formula is C22H15NO5S. The number of benzene rings is 2. The molecule has 1 aliphatic carbocycles. The van der Waals surface area contributed by atoms with Crippen LogP contribution in [0.4, 0.5) is 5.69 Å². The van der Waals surface area contributed by atoms with Gasteiger partial charge in [0.2, 0.25) is 0 Å². The fourth-order valence-electron chi connectivity index (χ4n) is 3.13. The van der Waals surface area contributed by atoms with Crippen LogP contribution in [-0.4, -0.2) is 30.0 Å². The molecule has 0 fully saturated rings. The number of nitrogens with one attached hydrogen (secondary N) is 1. The average Bonchev–Trinajstić information content (AvgIpc) is 3.23. The summed E-state index contributed by atoms with van der Waals surface area (Å²) in [5, 5.41) is 6.28. The third kappa shape index (κ3) is 3.86. The Morgan fingerprint density at radius 2 is 1.59 bits per heavy atom. The molecule has 0 aliphatic heterocycles. The molecule has 1 aromatic heterocycles. The molecule has 0 unspecified atom stereocenters. The number of ketones is 2. The summed E-state index contributed by atoms with van der Waals surface area (Å²) in [6.07, 6.45) is 0.103. The highest BCUT2D eigenvalue weighted by Crippen LogP contribution is 2.29. The van der Waals surface area contributed by atoms with Crippen LogP contribution in [-0.2, 0) is 20.7 Å². The van der Waals surface area contributed by atoms with Crippen LogP contribution in [0, 0.1) is 0 Å². The van der Waals surface area contributed by atoms with E-state index in [0.29, 0.717) is 22.4 Å². The van der Waals surface area contributed by atoms with E-state index in [0.717, 1.165) is 5.56 Å². The minimum Gasteiger partial charge on any atom is -0.455 e. The number of carbonyl (C=O) groups excluding carboxylic acids is 4. The summed E-state index contributed by atoms with van der Waals surface area (Å²) in [6.45, 7) is -0.435. The minimum absolute atomic E-state index is 0.103. The molecule has 0 saturated carbocycles. The van der Waals surface area contributed by atoms with Crippen molar-refractivity contribution in [1.29, 1.82) is 0 Å². The fourth-order valence-corrected chi connectivity index (χ4v) is 3.80. The Balaban J connectivity index is 1.43. The fraction of sp³-hybridized carbons (Fsp3) is 0.0909. The number of thiophene rings is 1. The maximum atomic E-state index is 12.7. The lowest BCUT2D eigenvalue weighted by atomic mass is 9.84. The van der Waals surface area contributed by atoms with Crippen molar-refractivity contribution in [2.75, 3.05) is 11.9 Å². The van der Waals surface area contributed by atoms with E-state index in [1.807, 2.05) is 16.8 Å². The lowest BCUT2D eigenvalue weighted by molar-refractivity contribution is -0.146. The first-order valence-electron chi connectivity index (χ1n) is 8.82. The predicted octanol–water partition coefficient (Wildman–Crippen LogP) is 3.25. The molecule has 2 aromatic carbocycles. The zero-order valence-electron chi connectivity index (χ0n) is 15.1. The number of fused-ring (bicyclic) bond motifs is 2. The molecule has 4 rings (SSSR count). The maximum Gasteiger partial charge on any atom is 0.310 e. The van der Waals surface area contributed by atoms with Gasteiger partial charge in [-0.1, -0.05) is 24.3 Å². The average molecular weight is 405 g/mol. The molecular weight excluding hydrogens is 390 g/mol. The van der Waals surface area contributed by atoms with Crippen LogP contribution in [0.2, 0.25) is 0 Å². The third-order valence-electron chi connectivity index (χ3n) is 4.50. The number of carbonyl (C=O) groups is 4. The Labute approximate surface area is 170 Å². The van der Waals surface area contributed by atoms with Crippen molar-refractivity contribution < 1.29 is 23.9 Å². The van der Waals surface area contributed by atoms with E-state index in [2.05, 4.69) is 5.32 Å². The normalized spacial score (nSPS) is 12.1.